The van der Waals surface area contributed by atoms with Crippen molar-refractivity contribution in [1.29, 1.82) is 5.26 Å². The highest BCUT2D eigenvalue weighted by Gasteiger charge is 2.13. The molecular weight excluding hydrogens is 228 g/mol. The molecular formula is C14H16N2O2. The molecule has 1 rings (SSSR count). The Bertz CT molecular complexity index is 513. The number of benzene rings is 1. The van der Waals surface area contributed by atoms with Crippen molar-refractivity contribution in [2.45, 2.75) is 20.8 Å². The molecule has 0 aliphatic rings. The monoisotopic (exact) mass is 244 g/mol. The third-order valence-corrected chi connectivity index (χ3v) is 2.32. The van der Waals surface area contributed by atoms with Crippen LogP contribution in [0.5, 0.6) is 0 Å². The number of anilines is 1. The maximum absolute atomic E-state index is 11.5. The third kappa shape index (κ3) is 3.63. The molecule has 0 heterocycles. The Kier molecular flexibility index (Phi) is 4.94. The van der Waals surface area contributed by atoms with Crippen LogP contribution < -0.4 is 5.32 Å². The zero-order valence-electron chi connectivity index (χ0n) is 10.8. The molecule has 0 fully saturated rings. The van der Waals surface area contributed by atoms with Crippen molar-refractivity contribution in [1.82, 2.24) is 0 Å². The molecule has 0 atom stereocenters. The number of nitrogens with one attached hydrogen (secondary N) is 1. The van der Waals surface area contributed by atoms with Crippen LogP contribution in [0.15, 0.2) is 35.5 Å². The van der Waals surface area contributed by atoms with Crippen molar-refractivity contribution in [2.24, 2.45) is 0 Å². The molecule has 0 aliphatic carbocycles. The highest BCUT2D eigenvalue weighted by atomic mass is 16.5. The van der Waals surface area contributed by atoms with Crippen LogP contribution in [0.1, 0.15) is 19.4 Å². The number of hydrogen-bond acceptors (Lipinski definition) is 4. The number of hydrogen-bond donors (Lipinski definition) is 1. The molecule has 1 aromatic carbocycles. The van der Waals surface area contributed by atoms with Gasteiger partial charge in [0.25, 0.3) is 0 Å². The highest BCUT2D eigenvalue weighted by Crippen LogP contribution is 2.14. The van der Waals surface area contributed by atoms with Crippen LogP contribution in [0, 0.1) is 18.3 Å². The van der Waals surface area contributed by atoms with Crippen LogP contribution >= 0.6 is 0 Å². The van der Waals surface area contributed by atoms with Gasteiger partial charge in [-0.2, -0.15) is 5.26 Å². The Balaban J connectivity index is 2.94. The van der Waals surface area contributed by atoms with Gasteiger partial charge in [0.2, 0.25) is 0 Å². The number of ether oxygens (including phenoxy) is 1. The molecule has 94 valence electrons. The lowest BCUT2D eigenvalue weighted by Gasteiger charge is -2.09. The molecule has 0 saturated heterocycles. The van der Waals surface area contributed by atoms with E-state index >= 15 is 0 Å². The lowest BCUT2D eigenvalue weighted by Crippen LogP contribution is -2.11. The number of allylic oxidation sites excluding steroid dienone is 1. The molecule has 18 heavy (non-hydrogen) atoms. The van der Waals surface area contributed by atoms with Gasteiger partial charge in [-0.3, -0.25) is 0 Å². The third-order valence-electron chi connectivity index (χ3n) is 2.32. The molecule has 0 unspecified atom stereocenters. The number of nitrogens with zero attached hydrogens (tertiary/aromatic N) is 1. The smallest absolute Gasteiger partial charge is 0.350 e. The van der Waals surface area contributed by atoms with E-state index < -0.39 is 5.97 Å². The molecule has 0 bridgehead atoms. The zero-order chi connectivity index (χ0) is 13.5. The number of esters is 1. The van der Waals surface area contributed by atoms with Gasteiger partial charge in [-0.25, -0.2) is 4.79 Å². The first-order valence-corrected chi connectivity index (χ1v) is 5.70. The van der Waals surface area contributed by atoms with Crippen LogP contribution in [0.4, 0.5) is 5.69 Å². The summed E-state index contributed by atoms with van der Waals surface area (Å²) in [5, 5.41) is 12.0. The van der Waals surface area contributed by atoms with Crippen LogP contribution in [-0.4, -0.2) is 12.6 Å². The first-order valence-electron chi connectivity index (χ1n) is 5.70. The average Bonchev–Trinajstić information content (AvgIpc) is 2.30. The first-order chi connectivity index (χ1) is 8.58. The van der Waals surface area contributed by atoms with E-state index in [0.717, 1.165) is 11.3 Å². The van der Waals surface area contributed by atoms with E-state index in [-0.39, 0.29) is 12.2 Å². The minimum atomic E-state index is -0.599. The first kappa shape index (κ1) is 13.8. The number of carbonyl (C=O) groups excluding carboxylic acids is 1. The zero-order valence-corrected chi connectivity index (χ0v) is 10.8. The van der Waals surface area contributed by atoms with Gasteiger partial charge >= 0.3 is 5.97 Å². The molecule has 0 aromatic heterocycles. The van der Waals surface area contributed by atoms with E-state index in [1.165, 1.54) is 0 Å². The molecule has 0 saturated carbocycles. The summed E-state index contributed by atoms with van der Waals surface area (Å²) in [6, 6.07) is 9.55. The van der Waals surface area contributed by atoms with Gasteiger partial charge < -0.3 is 10.1 Å². The van der Waals surface area contributed by atoms with E-state index in [2.05, 4.69) is 5.32 Å². The second kappa shape index (κ2) is 6.45. The predicted molar refractivity (Wildman–Crippen MR) is 69.7 cm³/mol. The fraction of sp³-hybridized carbons (Fsp3) is 0.286. The van der Waals surface area contributed by atoms with E-state index in [9.17, 15) is 4.79 Å². The molecule has 1 N–H and O–H groups in total. The molecule has 1 aromatic rings. The van der Waals surface area contributed by atoms with E-state index in [4.69, 9.17) is 10.00 Å². The van der Waals surface area contributed by atoms with Gasteiger partial charge in [0.15, 0.2) is 5.57 Å². The summed E-state index contributed by atoms with van der Waals surface area (Å²) in [5.74, 6) is -0.599. The number of carbonyl (C=O) groups is 1. The number of aryl methyl sites for hydroxylation is 1. The maximum atomic E-state index is 11.5. The summed E-state index contributed by atoms with van der Waals surface area (Å²) in [4.78, 5) is 11.5. The van der Waals surface area contributed by atoms with E-state index in [1.807, 2.05) is 37.3 Å². The van der Waals surface area contributed by atoms with Crippen molar-refractivity contribution in [3.8, 4) is 6.07 Å². The summed E-state index contributed by atoms with van der Waals surface area (Å²) in [6.07, 6.45) is 0. The van der Waals surface area contributed by atoms with Gasteiger partial charge in [0.05, 0.1) is 6.61 Å². The van der Waals surface area contributed by atoms with Crippen molar-refractivity contribution in [3.63, 3.8) is 0 Å². The Morgan fingerprint density at radius 2 is 2.22 bits per heavy atom. The molecule has 4 nitrogen and oxygen atoms in total. The minimum absolute atomic E-state index is 0.00152. The lowest BCUT2D eigenvalue weighted by molar-refractivity contribution is -0.138. The Morgan fingerprint density at radius 1 is 1.50 bits per heavy atom. The van der Waals surface area contributed by atoms with Gasteiger partial charge in [-0.1, -0.05) is 12.1 Å². The quantitative estimate of drug-likeness (QED) is 0.502. The summed E-state index contributed by atoms with van der Waals surface area (Å²) in [7, 11) is 0. The van der Waals surface area contributed by atoms with Crippen molar-refractivity contribution in [2.75, 3.05) is 11.9 Å². The van der Waals surface area contributed by atoms with Gasteiger partial charge in [0.1, 0.15) is 6.07 Å². The largest absolute Gasteiger partial charge is 0.462 e. The maximum Gasteiger partial charge on any atom is 0.350 e. The van der Waals surface area contributed by atoms with Crippen LogP contribution in [0.3, 0.4) is 0 Å². The van der Waals surface area contributed by atoms with Gasteiger partial charge in [-0.15, -0.1) is 0 Å². The molecule has 0 aliphatic heterocycles. The van der Waals surface area contributed by atoms with Gasteiger partial charge in [0, 0.05) is 11.4 Å². The Labute approximate surface area is 107 Å². The summed E-state index contributed by atoms with van der Waals surface area (Å²) < 4.78 is 4.82. The molecule has 0 spiro atoms. The van der Waals surface area contributed by atoms with Crippen LogP contribution in [0.25, 0.3) is 0 Å². The number of nitriles is 1. The topological polar surface area (TPSA) is 62.1 Å². The SMILES string of the molecule is CCOC(=O)/C(C#N)=C(/C)Nc1cccc(C)c1. The summed E-state index contributed by atoms with van der Waals surface area (Å²) in [5.41, 5.74) is 2.42. The predicted octanol–water partition coefficient (Wildman–Crippen LogP) is 2.77. The molecule has 0 amide bonds. The van der Waals surface area contributed by atoms with E-state index in [1.54, 1.807) is 13.8 Å². The Morgan fingerprint density at radius 3 is 2.78 bits per heavy atom. The normalized spacial score (nSPS) is 11.2. The second-order valence-corrected chi connectivity index (χ2v) is 3.83. The number of rotatable bonds is 4. The fourth-order valence-corrected chi connectivity index (χ4v) is 1.49. The van der Waals surface area contributed by atoms with Crippen molar-refractivity contribution in [3.05, 3.63) is 41.1 Å². The molecule has 4 heteroatoms. The minimum Gasteiger partial charge on any atom is -0.462 e. The highest BCUT2D eigenvalue weighted by molar-refractivity contribution is 5.94. The van der Waals surface area contributed by atoms with Crippen LogP contribution in [0.2, 0.25) is 0 Å². The van der Waals surface area contributed by atoms with Crippen molar-refractivity contribution < 1.29 is 9.53 Å². The second-order valence-electron chi connectivity index (χ2n) is 3.83. The summed E-state index contributed by atoms with van der Waals surface area (Å²) >= 11 is 0. The Hall–Kier alpha value is -2.28. The lowest BCUT2D eigenvalue weighted by atomic mass is 10.2. The average molecular weight is 244 g/mol. The fourth-order valence-electron chi connectivity index (χ4n) is 1.49. The van der Waals surface area contributed by atoms with Crippen LogP contribution in [-0.2, 0) is 9.53 Å². The summed E-state index contributed by atoms with van der Waals surface area (Å²) in [6.45, 7) is 5.61. The van der Waals surface area contributed by atoms with E-state index in [0.29, 0.717) is 5.70 Å². The van der Waals surface area contributed by atoms with Gasteiger partial charge in [-0.05, 0) is 38.5 Å². The van der Waals surface area contributed by atoms with Crippen molar-refractivity contribution >= 4 is 11.7 Å². The molecule has 0 radical (unpaired) electrons. The standard InChI is InChI=1S/C14H16N2O2/c1-4-18-14(17)13(9-15)11(3)16-12-7-5-6-10(2)8-12/h5-8,16H,4H2,1-3H3/b13-11-.